The maximum absolute atomic E-state index is 13.9. The number of nitrogens with zero attached hydrogens (tertiary/aromatic N) is 4. The Morgan fingerprint density at radius 1 is 1.07 bits per heavy atom. The summed E-state index contributed by atoms with van der Waals surface area (Å²) in [5.41, 5.74) is 4.84. The molecule has 5 aromatic rings. The molecule has 0 saturated heterocycles. The van der Waals surface area contributed by atoms with Crippen molar-refractivity contribution >= 4 is 33.0 Å². The van der Waals surface area contributed by atoms with Crippen LogP contribution in [0.4, 0.5) is 4.39 Å². The molecule has 3 aromatic carbocycles. The first-order chi connectivity index (χ1) is 19.3. The van der Waals surface area contributed by atoms with Crippen LogP contribution in [0.3, 0.4) is 0 Å². The average Bonchev–Trinajstić information content (AvgIpc) is 3.24. The molecule has 2 heterocycles. The van der Waals surface area contributed by atoms with E-state index < -0.39 is 0 Å². The number of aryl methyl sites for hydroxylation is 1. The van der Waals surface area contributed by atoms with Crippen molar-refractivity contribution in [3.63, 3.8) is 0 Å². The van der Waals surface area contributed by atoms with Gasteiger partial charge in [-0.15, -0.1) is 0 Å². The third kappa shape index (κ3) is 5.49. The number of halogens is 2. The number of benzene rings is 3. The molecule has 40 heavy (non-hydrogen) atoms. The third-order valence-electron chi connectivity index (χ3n) is 7.12. The van der Waals surface area contributed by atoms with E-state index in [4.69, 9.17) is 9.72 Å². The molecule has 0 amide bonds. The molecule has 0 aliphatic heterocycles. The predicted molar refractivity (Wildman–Crippen MR) is 161 cm³/mol. The zero-order chi connectivity index (χ0) is 28.4. The van der Waals surface area contributed by atoms with Gasteiger partial charge >= 0.3 is 0 Å². The van der Waals surface area contributed by atoms with E-state index in [2.05, 4.69) is 32.5 Å². The summed E-state index contributed by atoms with van der Waals surface area (Å²) in [7, 11) is 0. The molecule has 0 spiro atoms. The van der Waals surface area contributed by atoms with Gasteiger partial charge in [-0.1, -0.05) is 48.0 Å². The smallest absolute Gasteiger partial charge is 0.282 e. The summed E-state index contributed by atoms with van der Waals surface area (Å²) in [6, 6.07) is 21.8. The largest absolute Gasteiger partial charge is 0.489 e. The van der Waals surface area contributed by atoms with Crippen LogP contribution in [0.25, 0.3) is 16.6 Å². The second-order valence-electron chi connectivity index (χ2n) is 9.84. The Hall–Kier alpha value is -4.04. The van der Waals surface area contributed by atoms with E-state index in [9.17, 15) is 9.18 Å². The minimum Gasteiger partial charge on any atom is -0.489 e. The van der Waals surface area contributed by atoms with Gasteiger partial charge in [-0.25, -0.2) is 9.37 Å². The topological polar surface area (TPSA) is 61.4 Å². The van der Waals surface area contributed by atoms with Gasteiger partial charge in [0, 0.05) is 38.6 Å². The highest BCUT2D eigenvalue weighted by Gasteiger charge is 2.16. The van der Waals surface area contributed by atoms with Crippen LogP contribution < -0.4 is 10.3 Å². The van der Waals surface area contributed by atoms with Gasteiger partial charge in [-0.3, -0.25) is 4.79 Å². The van der Waals surface area contributed by atoms with Gasteiger partial charge < -0.3 is 9.30 Å². The number of aromatic nitrogens is 3. The van der Waals surface area contributed by atoms with Crippen molar-refractivity contribution in [3.05, 3.63) is 122 Å². The number of hydrogen-bond donors (Lipinski definition) is 0. The Kier molecular flexibility index (Phi) is 7.98. The summed E-state index contributed by atoms with van der Waals surface area (Å²) < 4.78 is 24.1. The Labute approximate surface area is 240 Å². The standard InChI is InChI=1S/C32H30BrFN4O2/c1-5-20(2)31-36-30-15-10-25(33)17-28(30)32(39)38(31)35-18-24-16-21(3)37(22(24)4)26-11-13-27(14-12-26)40-19-23-8-6-7-9-29(23)34/h6-18,20H,5,19H2,1-4H3/t20-/m0/s1. The molecule has 2 aromatic heterocycles. The van der Waals surface area contributed by atoms with Gasteiger partial charge in [0.25, 0.3) is 5.56 Å². The average molecular weight is 602 g/mol. The van der Waals surface area contributed by atoms with Gasteiger partial charge in [-0.2, -0.15) is 9.78 Å². The summed E-state index contributed by atoms with van der Waals surface area (Å²) >= 11 is 3.46. The van der Waals surface area contributed by atoms with Crippen LogP contribution in [0, 0.1) is 19.7 Å². The Balaban J connectivity index is 1.44. The van der Waals surface area contributed by atoms with E-state index >= 15 is 0 Å². The van der Waals surface area contributed by atoms with Crippen LogP contribution in [0.15, 0.2) is 87.2 Å². The monoisotopic (exact) mass is 600 g/mol. The Bertz CT molecular complexity index is 1770. The zero-order valence-electron chi connectivity index (χ0n) is 22.9. The molecule has 0 aliphatic rings. The third-order valence-corrected chi connectivity index (χ3v) is 7.61. The highest BCUT2D eigenvalue weighted by Crippen LogP contribution is 2.24. The molecule has 6 nitrogen and oxygen atoms in total. The molecular weight excluding hydrogens is 571 g/mol. The molecule has 0 unspecified atom stereocenters. The zero-order valence-corrected chi connectivity index (χ0v) is 24.4. The van der Waals surface area contributed by atoms with Crippen LogP contribution in [0.2, 0.25) is 0 Å². The molecule has 0 fully saturated rings. The van der Waals surface area contributed by atoms with E-state index in [0.29, 0.717) is 28.0 Å². The number of hydrogen-bond acceptors (Lipinski definition) is 4. The fraction of sp³-hybridized carbons (Fsp3) is 0.219. The van der Waals surface area contributed by atoms with Crippen molar-refractivity contribution in [1.82, 2.24) is 14.2 Å². The lowest BCUT2D eigenvalue weighted by Crippen LogP contribution is -2.23. The highest BCUT2D eigenvalue weighted by atomic mass is 79.9. The van der Waals surface area contributed by atoms with Crippen molar-refractivity contribution < 1.29 is 9.13 Å². The molecule has 1 atom stereocenters. The lowest BCUT2D eigenvalue weighted by atomic mass is 10.1. The highest BCUT2D eigenvalue weighted by molar-refractivity contribution is 9.10. The van der Waals surface area contributed by atoms with Crippen molar-refractivity contribution in [1.29, 1.82) is 0 Å². The molecule has 8 heteroatoms. The van der Waals surface area contributed by atoms with Crippen LogP contribution in [-0.2, 0) is 6.61 Å². The summed E-state index contributed by atoms with van der Waals surface area (Å²) in [6.07, 6.45) is 2.56. The maximum Gasteiger partial charge on any atom is 0.282 e. The fourth-order valence-electron chi connectivity index (χ4n) is 4.68. The van der Waals surface area contributed by atoms with Crippen LogP contribution in [0.1, 0.15) is 54.5 Å². The van der Waals surface area contributed by atoms with E-state index in [1.807, 2.05) is 63.2 Å². The molecule has 0 aliphatic carbocycles. The van der Waals surface area contributed by atoms with Crippen molar-refractivity contribution in [2.75, 3.05) is 0 Å². The summed E-state index contributed by atoms with van der Waals surface area (Å²) in [5.74, 6) is 1.07. The van der Waals surface area contributed by atoms with Crippen LogP contribution in [0.5, 0.6) is 5.75 Å². The first-order valence-corrected chi connectivity index (χ1v) is 14.0. The SMILES string of the molecule is CC[C@H](C)c1nc2ccc(Br)cc2c(=O)n1N=Cc1cc(C)n(-c2ccc(OCc3ccccc3F)cc2)c1C. The molecule has 0 N–H and O–H groups in total. The number of fused-ring (bicyclic) bond motifs is 1. The number of rotatable bonds is 8. The van der Waals surface area contributed by atoms with E-state index in [1.54, 1.807) is 30.5 Å². The van der Waals surface area contributed by atoms with Crippen LogP contribution in [-0.4, -0.2) is 20.4 Å². The van der Waals surface area contributed by atoms with E-state index in [-0.39, 0.29) is 23.9 Å². The Morgan fingerprint density at radius 2 is 1.82 bits per heavy atom. The molecular formula is C32H30BrFN4O2. The minimum absolute atomic E-state index is 0.0597. The minimum atomic E-state index is -0.280. The number of ether oxygens (including phenoxy) is 1. The summed E-state index contributed by atoms with van der Waals surface area (Å²) in [4.78, 5) is 18.3. The lowest BCUT2D eigenvalue weighted by Gasteiger charge is -2.14. The van der Waals surface area contributed by atoms with Gasteiger partial charge in [0.2, 0.25) is 0 Å². The van der Waals surface area contributed by atoms with Gasteiger partial charge in [0.05, 0.1) is 17.1 Å². The molecule has 0 radical (unpaired) electrons. The van der Waals surface area contributed by atoms with Crippen molar-refractivity contribution in [2.24, 2.45) is 5.10 Å². The fourth-order valence-corrected chi connectivity index (χ4v) is 5.04. The lowest BCUT2D eigenvalue weighted by molar-refractivity contribution is 0.300. The van der Waals surface area contributed by atoms with E-state index in [1.165, 1.54) is 10.7 Å². The molecule has 204 valence electrons. The quantitative estimate of drug-likeness (QED) is 0.172. The van der Waals surface area contributed by atoms with E-state index in [0.717, 1.165) is 33.5 Å². The van der Waals surface area contributed by atoms with Gasteiger partial charge in [-0.05, 0) is 74.9 Å². The van der Waals surface area contributed by atoms with Gasteiger partial charge in [0.1, 0.15) is 24.0 Å². The van der Waals surface area contributed by atoms with Gasteiger partial charge in [0.15, 0.2) is 0 Å². The normalized spacial score (nSPS) is 12.3. The molecule has 0 saturated carbocycles. The van der Waals surface area contributed by atoms with Crippen LogP contribution >= 0.6 is 15.9 Å². The van der Waals surface area contributed by atoms with Crippen molar-refractivity contribution in [3.8, 4) is 11.4 Å². The molecule has 0 bridgehead atoms. The second-order valence-corrected chi connectivity index (χ2v) is 10.8. The maximum atomic E-state index is 13.9. The summed E-state index contributed by atoms with van der Waals surface area (Å²) in [6.45, 7) is 8.32. The molecule has 5 rings (SSSR count). The first-order valence-electron chi connectivity index (χ1n) is 13.2. The Morgan fingerprint density at radius 3 is 2.55 bits per heavy atom. The first kappa shape index (κ1) is 27.5. The van der Waals surface area contributed by atoms with Crippen molar-refractivity contribution in [2.45, 2.75) is 46.6 Å². The second kappa shape index (κ2) is 11.6. The summed E-state index contributed by atoms with van der Waals surface area (Å²) in [5, 5.41) is 5.16. The predicted octanol–water partition coefficient (Wildman–Crippen LogP) is 7.68.